The number of rotatable bonds is 8. The number of fused-ring (bicyclic) bond motifs is 1. The third-order valence-electron chi connectivity index (χ3n) is 4.80. The summed E-state index contributed by atoms with van der Waals surface area (Å²) in [6.07, 6.45) is 0. The van der Waals surface area contributed by atoms with E-state index in [1.165, 1.54) is 23.5 Å². The van der Waals surface area contributed by atoms with Crippen LogP contribution in [0.15, 0.2) is 28.7 Å². The quantitative estimate of drug-likeness (QED) is 0.399. The number of nitrogens with zero attached hydrogens (tertiary/aromatic N) is 4. The van der Waals surface area contributed by atoms with E-state index in [1.807, 2.05) is 19.9 Å². The highest BCUT2D eigenvalue weighted by atomic mass is 32.1. The van der Waals surface area contributed by atoms with Crippen molar-refractivity contribution in [1.29, 1.82) is 0 Å². The first-order valence-electron chi connectivity index (χ1n) is 9.50. The minimum absolute atomic E-state index is 0.0663. The van der Waals surface area contributed by atoms with Gasteiger partial charge in [-0.3, -0.25) is 19.8 Å². The van der Waals surface area contributed by atoms with E-state index in [4.69, 9.17) is 4.42 Å². The molecular weight excluding hydrogens is 392 g/mol. The van der Waals surface area contributed by atoms with Crippen LogP contribution in [0.3, 0.4) is 0 Å². The van der Waals surface area contributed by atoms with Gasteiger partial charge in [0.2, 0.25) is 0 Å². The molecule has 0 aliphatic heterocycles. The van der Waals surface area contributed by atoms with Crippen molar-refractivity contribution >= 4 is 38.5 Å². The summed E-state index contributed by atoms with van der Waals surface area (Å²) in [7, 11) is 0. The number of hydrogen-bond acceptors (Lipinski definition) is 7. The fourth-order valence-corrected chi connectivity index (χ4v) is 4.26. The number of nitro groups is 1. The lowest BCUT2D eigenvalue weighted by molar-refractivity contribution is -0.402. The molecule has 2 heterocycles. The lowest BCUT2D eigenvalue weighted by Crippen LogP contribution is -2.38. The van der Waals surface area contributed by atoms with Crippen molar-refractivity contribution in [2.24, 2.45) is 0 Å². The van der Waals surface area contributed by atoms with Gasteiger partial charge in [-0.05, 0) is 50.2 Å². The molecule has 9 heteroatoms. The molecule has 0 unspecified atom stereocenters. The summed E-state index contributed by atoms with van der Waals surface area (Å²) in [5, 5.41) is 11.5. The van der Waals surface area contributed by atoms with Crippen LogP contribution in [0.5, 0.6) is 0 Å². The van der Waals surface area contributed by atoms with Crippen molar-refractivity contribution in [1.82, 2.24) is 9.88 Å². The minimum atomic E-state index is -0.652. The summed E-state index contributed by atoms with van der Waals surface area (Å²) in [5.41, 5.74) is 3.05. The van der Waals surface area contributed by atoms with Crippen molar-refractivity contribution < 1.29 is 14.1 Å². The first kappa shape index (κ1) is 20.9. The van der Waals surface area contributed by atoms with Crippen molar-refractivity contribution in [3.63, 3.8) is 0 Å². The number of thiazole rings is 1. The fourth-order valence-electron chi connectivity index (χ4n) is 3.22. The number of furan rings is 1. The molecule has 0 fully saturated rings. The average molecular weight is 417 g/mol. The fraction of sp³-hybridized carbons (Fsp3) is 0.400. The van der Waals surface area contributed by atoms with Crippen LogP contribution < -0.4 is 4.90 Å². The molecule has 0 N–H and O–H groups in total. The second-order valence-corrected chi connectivity index (χ2v) is 7.78. The molecule has 0 radical (unpaired) electrons. The van der Waals surface area contributed by atoms with Crippen LogP contribution in [0, 0.1) is 24.0 Å². The smallest absolute Gasteiger partial charge is 0.395 e. The summed E-state index contributed by atoms with van der Waals surface area (Å²) in [6.45, 7) is 11.0. The zero-order valence-corrected chi connectivity index (χ0v) is 17.8. The first-order chi connectivity index (χ1) is 13.8. The van der Waals surface area contributed by atoms with Gasteiger partial charge in [0, 0.05) is 13.1 Å². The van der Waals surface area contributed by atoms with Crippen molar-refractivity contribution in [3.05, 3.63) is 51.3 Å². The molecule has 0 atom stereocenters. The SMILES string of the molecule is CCN(CC)CCN(C(=O)c1ccc([N+](=O)[O-])o1)c1nc2cc(C)cc(C)c2s1. The van der Waals surface area contributed by atoms with Crippen molar-refractivity contribution in [3.8, 4) is 0 Å². The number of carbonyl (C=O) groups is 1. The topological polar surface area (TPSA) is 92.7 Å². The number of likely N-dealkylation sites (N-methyl/N-ethyl adjacent to an activating group) is 1. The van der Waals surface area contributed by atoms with Crippen LogP contribution in [-0.2, 0) is 0 Å². The van der Waals surface area contributed by atoms with Gasteiger partial charge in [0.15, 0.2) is 10.9 Å². The zero-order chi connectivity index (χ0) is 21.1. The van der Waals surface area contributed by atoms with Crippen LogP contribution >= 0.6 is 11.3 Å². The largest absolute Gasteiger partial charge is 0.433 e. The third-order valence-corrected chi connectivity index (χ3v) is 6.03. The maximum absolute atomic E-state index is 13.2. The summed E-state index contributed by atoms with van der Waals surface area (Å²) < 4.78 is 6.18. The third kappa shape index (κ3) is 4.46. The van der Waals surface area contributed by atoms with Gasteiger partial charge in [0.05, 0.1) is 16.3 Å². The van der Waals surface area contributed by atoms with Crippen molar-refractivity contribution in [2.75, 3.05) is 31.1 Å². The average Bonchev–Trinajstić information content (AvgIpc) is 3.32. The molecule has 3 rings (SSSR count). The van der Waals surface area contributed by atoms with E-state index in [-0.39, 0.29) is 5.76 Å². The Morgan fingerprint density at radius 2 is 1.93 bits per heavy atom. The Morgan fingerprint density at radius 3 is 2.55 bits per heavy atom. The molecule has 0 aliphatic carbocycles. The Kier molecular flexibility index (Phi) is 6.29. The highest BCUT2D eigenvalue weighted by Crippen LogP contribution is 2.33. The van der Waals surface area contributed by atoms with E-state index < -0.39 is 16.7 Å². The van der Waals surface area contributed by atoms with Gasteiger partial charge in [-0.1, -0.05) is 31.3 Å². The number of amides is 1. The summed E-state index contributed by atoms with van der Waals surface area (Å²) in [5.74, 6) is -0.949. The van der Waals surface area contributed by atoms with Crippen molar-refractivity contribution in [2.45, 2.75) is 27.7 Å². The van der Waals surface area contributed by atoms with Gasteiger partial charge in [-0.2, -0.15) is 0 Å². The normalized spacial score (nSPS) is 11.3. The van der Waals surface area contributed by atoms with Crippen LogP contribution in [0.1, 0.15) is 35.5 Å². The van der Waals surface area contributed by atoms with E-state index in [2.05, 4.69) is 29.8 Å². The van der Waals surface area contributed by atoms with E-state index in [9.17, 15) is 14.9 Å². The molecule has 3 aromatic rings. The maximum atomic E-state index is 13.2. The molecule has 0 saturated carbocycles. The first-order valence-corrected chi connectivity index (χ1v) is 10.3. The monoisotopic (exact) mass is 416 g/mol. The highest BCUT2D eigenvalue weighted by molar-refractivity contribution is 7.22. The summed E-state index contributed by atoms with van der Waals surface area (Å²) >= 11 is 1.44. The van der Waals surface area contributed by atoms with E-state index in [0.29, 0.717) is 18.2 Å². The lowest BCUT2D eigenvalue weighted by atomic mass is 10.1. The van der Waals surface area contributed by atoms with Gasteiger partial charge in [0.25, 0.3) is 5.91 Å². The Bertz CT molecular complexity index is 1040. The van der Waals surface area contributed by atoms with Crippen LogP contribution in [0.4, 0.5) is 11.0 Å². The van der Waals surface area contributed by atoms with Crippen LogP contribution in [0.2, 0.25) is 0 Å². The molecule has 154 valence electrons. The second kappa shape index (κ2) is 8.71. The Morgan fingerprint density at radius 1 is 1.21 bits per heavy atom. The standard InChI is InChI=1S/C20H24N4O4S/c1-5-22(6-2)9-10-23(19(25)16-7-8-17(28-16)24(26)27)20-21-15-12-13(3)11-14(4)18(15)29-20/h7-8,11-12H,5-6,9-10H2,1-4H3. The molecule has 8 nitrogen and oxygen atoms in total. The van der Waals surface area contributed by atoms with E-state index in [1.54, 1.807) is 4.90 Å². The number of aryl methyl sites for hydroxylation is 2. The molecule has 2 aromatic heterocycles. The van der Waals surface area contributed by atoms with Gasteiger partial charge >= 0.3 is 5.88 Å². The van der Waals surface area contributed by atoms with E-state index >= 15 is 0 Å². The molecule has 0 bridgehead atoms. The van der Waals surface area contributed by atoms with Gasteiger partial charge in [-0.25, -0.2) is 4.98 Å². The van der Waals surface area contributed by atoms with Gasteiger partial charge in [0.1, 0.15) is 4.92 Å². The van der Waals surface area contributed by atoms with Crippen LogP contribution in [-0.4, -0.2) is 46.9 Å². The molecule has 29 heavy (non-hydrogen) atoms. The summed E-state index contributed by atoms with van der Waals surface area (Å²) in [6, 6.07) is 6.62. The Balaban J connectivity index is 1.99. The lowest BCUT2D eigenvalue weighted by Gasteiger charge is -2.23. The zero-order valence-electron chi connectivity index (χ0n) is 17.0. The predicted octanol–water partition coefficient (Wildman–Crippen LogP) is 4.40. The van der Waals surface area contributed by atoms with Gasteiger partial charge < -0.3 is 9.32 Å². The summed E-state index contributed by atoms with van der Waals surface area (Å²) in [4.78, 5) is 31.9. The van der Waals surface area contributed by atoms with Crippen LogP contribution in [0.25, 0.3) is 10.2 Å². The Hall–Kier alpha value is -2.78. The second-order valence-electron chi connectivity index (χ2n) is 6.81. The molecular formula is C20H24N4O4S. The number of carbonyl (C=O) groups excluding carboxylic acids is 1. The number of benzene rings is 1. The highest BCUT2D eigenvalue weighted by Gasteiger charge is 2.26. The number of hydrogen-bond donors (Lipinski definition) is 0. The predicted molar refractivity (Wildman–Crippen MR) is 114 cm³/mol. The minimum Gasteiger partial charge on any atom is -0.395 e. The number of anilines is 1. The number of aromatic nitrogens is 1. The van der Waals surface area contributed by atoms with Gasteiger partial charge in [-0.15, -0.1) is 0 Å². The molecule has 1 amide bonds. The molecule has 0 spiro atoms. The maximum Gasteiger partial charge on any atom is 0.433 e. The molecule has 1 aromatic carbocycles. The Labute approximate surface area is 172 Å². The van der Waals surface area contributed by atoms with E-state index in [0.717, 1.165) is 34.4 Å². The molecule has 0 aliphatic rings. The molecule has 0 saturated heterocycles.